The van der Waals surface area contributed by atoms with Gasteiger partial charge in [-0.3, -0.25) is 4.79 Å². The van der Waals surface area contributed by atoms with Crippen molar-refractivity contribution in [1.29, 1.82) is 0 Å². The van der Waals surface area contributed by atoms with Gasteiger partial charge in [0.25, 0.3) is 0 Å². The van der Waals surface area contributed by atoms with Crippen LogP contribution < -0.4 is 15.4 Å². The Bertz CT molecular complexity index is 426. The lowest BCUT2D eigenvalue weighted by Gasteiger charge is -2.22. The van der Waals surface area contributed by atoms with Gasteiger partial charge in [0.1, 0.15) is 18.4 Å². The van der Waals surface area contributed by atoms with Gasteiger partial charge in [-0.25, -0.2) is 0 Å². The van der Waals surface area contributed by atoms with E-state index >= 15 is 0 Å². The largest absolute Gasteiger partial charge is 0.492 e. The van der Waals surface area contributed by atoms with Crippen molar-refractivity contribution in [3.63, 3.8) is 0 Å². The summed E-state index contributed by atoms with van der Waals surface area (Å²) in [6.45, 7) is 2.63. The topological polar surface area (TPSA) is 59.6 Å². The fourth-order valence-corrected chi connectivity index (χ4v) is 1.94. The van der Waals surface area contributed by atoms with E-state index in [0.717, 1.165) is 0 Å². The molecule has 0 spiro atoms. The van der Waals surface area contributed by atoms with E-state index in [1.807, 2.05) is 12.1 Å². The first-order chi connectivity index (χ1) is 9.25. The molecule has 1 fully saturated rings. The molecular weight excluding hydrogens is 303 g/mol. The van der Waals surface area contributed by atoms with Crippen molar-refractivity contribution >= 4 is 29.9 Å². The number of carbonyl (C=O) groups is 1. The molecule has 7 heteroatoms. The average Bonchev–Trinajstić information content (AvgIpc) is 2.44. The van der Waals surface area contributed by atoms with Gasteiger partial charge in [-0.1, -0.05) is 17.7 Å². The molecule has 1 aliphatic heterocycles. The van der Waals surface area contributed by atoms with Gasteiger partial charge in [0, 0.05) is 11.6 Å². The number of hydrogen-bond donors (Lipinski definition) is 2. The summed E-state index contributed by atoms with van der Waals surface area (Å²) >= 11 is 5.84. The second-order valence-corrected chi connectivity index (χ2v) is 4.61. The number of ether oxygens (including phenoxy) is 2. The van der Waals surface area contributed by atoms with Crippen LogP contribution in [0.1, 0.15) is 0 Å². The predicted octanol–water partition coefficient (Wildman–Crippen LogP) is 1.25. The molecule has 112 valence electrons. The number of amides is 1. The Hall–Kier alpha value is -1.01. The number of carbonyl (C=O) groups excluding carboxylic acids is 1. The number of nitrogens with one attached hydrogen (secondary N) is 2. The molecule has 2 N–H and O–H groups in total. The predicted molar refractivity (Wildman–Crippen MR) is 79.8 cm³/mol. The molecule has 0 bridgehead atoms. The van der Waals surface area contributed by atoms with Crippen LogP contribution in [0, 0.1) is 0 Å². The van der Waals surface area contributed by atoms with Crippen LogP contribution in [0.4, 0.5) is 0 Å². The normalized spacial score (nSPS) is 17.9. The zero-order valence-corrected chi connectivity index (χ0v) is 12.5. The van der Waals surface area contributed by atoms with Crippen molar-refractivity contribution in [2.45, 2.75) is 6.04 Å². The smallest absolute Gasteiger partial charge is 0.239 e. The zero-order chi connectivity index (χ0) is 13.5. The SMILES string of the molecule is Cl.O=C(NCCOc1cccc(Cl)c1)C1COCCN1. The quantitative estimate of drug-likeness (QED) is 0.802. The standard InChI is InChI=1S/C13H17ClN2O3.ClH/c14-10-2-1-3-11(8-10)19-7-5-16-13(17)12-9-18-6-4-15-12;/h1-3,8,12,15H,4-7,9H2,(H,16,17);1H. The molecule has 1 unspecified atom stereocenters. The summed E-state index contributed by atoms with van der Waals surface area (Å²) in [5, 5.41) is 6.52. The average molecular weight is 321 g/mol. The number of rotatable bonds is 5. The molecule has 1 atom stereocenters. The molecule has 0 aliphatic carbocycles. The number of halogens is 2. The third-order valence-corrected chi connectivity index (χ3v) is 2.94. The van der Waals surface area contributed by atoms with E-state index in [9.17, 15) is 4.79 Å². The Kier molecular flexibility index (Phi) is 7.69. The van der Waals surface area contributed by atoms with Crippen molar-refractivity contribution in [2.75, 3.05) is 32.9 Å². The summed E-state index contributed by atoms with van der Waals surface area (Å²) in [5.41, 5.74) is 0. The van der Waals surface area contributed by atoms with Crippen molar-refractivity contribution in [3.8, 4) is 5.75 Å². The first kappa shape index (κ1) is 17.0. The summed E-state index contributed by atoms with van der Waals surface area (Å²) in [7, 11) is 0. The summed E-state index contributed by atoms with van der Waals surface area (Å²) in [6, 6.07) is 6.90. The van der Waals surface area contributed by atoms with Gasteiger partial charge in [-0.2, -0.15) is 0 Å². The van der Waals surface area contributed by atoms with Crippen LogP contribution in [0.15, 0.2) is 24.3 Å². The summed E-state index contributed by atoms with van der Waals surface area (Å²) in [5.74, 6) is 0.635. The van der Waals surface area contributed by atoms with Crippen molar-refractivity contribution in [3.05, 3.63) is 29.3 Å². The Balaban J connectivity index is 0.00000200. The number of hydrogen-bond acceptors (Lipinski definition) is 4. The third kappa shape index (κ3) is 5.54. The Morgan fingerprint density at radius 1 is 1.55 bits per heavy atom. The molecular formula is C13H18Cl2N2O3. The first-order valence-electron chi connectivity index (χ1n) is 6.23. The first-order valence-corrected chi connectivity index (χ1v) is 6.61. The summed E-state index contributed by atoms with van der Waals surface area (Å²) in [4.78, 5) is 11.7. The van der Waals surface area contributed by atoms with Crippen LogP contribution in [0.5, 0.6) is 5.75 Å². The van der Waals surface area contributed by atoms with Gasteiger partial charge in [0.05, 0.1) is 19.8 Å². The maximum Gasteiger partial charge on any atom is 0.239 e. The molecule has 1 saturated heterocycles. The highest BCUT2D eigenvalue weighted by molar-refractivity contribution is 6.30. The molecule has 1 aromatic rings. The lowest BCUT2D eigenvalue weighted by molar-refractivity contribution is -0.126. The molecule has 1 aliphatic rings. The third-order valence-electron chi connectivity index (χ3n) is 2.70. The van der Waals surface area contributed by atoms with Crippen LogP contribution >= 0.6 is 24.0 Å². The highest BCUT2D eigenvalue weighted by Gasteiger charge is 2.20. The van der Waals surface area contributed by atoms with Crippen LogP contribution in [0.2, 0.25) is 5.02 Å². The minimum Gasteiger partial charge on any atom is -0.492 e. The lowest BCUT2D eigenvalue weighted by Crippen LogP contribution is -2.51. The van der Waals surface area contributed by atoms with E-state index in [4.69, 9.17) is 21.1 Å². The molecule has 1 aromatic carbocycles. The zero-order valence-electron chi connectivity index (χ0n) is 10.9. The molecule has 0 saturated carbocycles. The molecule has 2 rings (SSSR count). The van der Waals surface area contributed by atoms with E-state index in [-0.39, 0.29) is 24.4 Å². The summed E-state index contributed by atoms with van der Waals surface area (Å²) in [6.07, 6.45) is 0. The van der Waals surface area contributed by atoms with Crippen LogP contribution in [0.3, 0.4) is 0 Å². The van der Waals surface area contributed by atoms with E-state index < -0.39 is 0 Å². The molecule has 1 heterocycles. The van der Waals surface area contributed by atoms with Gasteiger partial charge in [-0.15, -0.1) is 12.4 Å². The number of morpholine rings is 1. The molecule has 20 heavy (non-hydrogen) atoms. The van der Waals surface area contributed by atoms with E-state index in [1.165, 1.54) is 0 Å². The summed E-state index contributed by atoms with van der Waals surface area (Å²) < 4.78 is 10.7. The highest BCUT2D eigenvalue weighted by Crippen LogP contribution is 2.16. The van der Waals surface area contributed by atoms with Gasteiger partial charge >= 0.3 is 0 Å². The second-order valence-electron chi connectivity index (χ2n) is 4.18. The highest BCUT2D eigenvalue weighted by atomic mass is 35.5. The molecule has 0 aromatic heterocycles. The fraction of sp³-hybridized carbons (Fsp3) is 0.462. The Morgan fingerprint density at radius 3 is 3.10 bits per heavy atom. The van der Waals surface area contributed by atoms with Crippen LogP contribution in [-0.2, 0) is 9.53 Å². The minimum absolute atomic E-state index is 0. The van der Waals surface area contributed by atoms with Crippen molar-refractivity contribution < 1.29 is 14.3 Å². The number of benzene rings is 1. The van der Waals surface area contributed by atoms with Gasteiger partial charge < -0.3 is 20.1 Å². The Labute approximate surface area is 129 Å². The second kappa shape index (κ2) is 9.02. The lowest BCUT2D eigenvalue weighted by atomic mass is 10.2. The fourth-order valence-electron chi connectivity index (χ4n) is 1.76. The van der Waals surface area contributed by atoms with E-state index in [2.05, 4.69) is 10.6 Å². The maximum atomic E-state index is 11.7. The van der Waals surface area contributed by atoms with E-state index in [0.29, 0.717) is 43.7 Å². The molecule has 0 radical (unpaired) electrons. The van der Waals surface area contributed by atoms with Gasteiger partial charge in [-0.05, 0) is 18.2 Å². The van der Waals surface area contributed by atoms with Gasteiger partial charge in [0.2, 0.25) is 5.91 Å². The van der Waals surface area contributed by atoms with Crippen molar-refractivity contribution in [2.24, 2.45) is 0 Å². The van der Waals surface area contributed by atoms with Crippen molar-refractivity contribution in [1.82, 2.24) is 10.6 Å². The van der Waals surface area contributed by atoms with Gasteiger partial charge in [0.15, 0.2) is 0 Å². The van der Waals surface area contributed by atoms with E-state index in [1.54, 1.807) is 12.1 Å². The Morgan fingerprint density at radius 2 is 2.40 bits per heavy atom. The minimum atomic E-state index is -0.264. The maximum absolute atomic E-state index is 11.7. The molecule has 5 nitrogen and oxygen atoms in total. The van der Waals surface area contributed by atoms with Crippen LogP contribution in [-0.4, -0.2) is 44.9 Å². The molecule has 1 amide bonds. The van der Waals surface area contributed by atoms with Crippen LogP contribution in [0.25, 0.3) is 0 Å². The monoisotopic (exact) mass is 320 g/mol.